The van der Waals surface area contributed by atoms with Gasteiger partial charge in [0.1, 0.15) is 19.3 Å². The summed E-state index contributed by atoms with van der Waals surface area (Å²) in [4.78, 5) is 52.1. The van der Waals surface area contributed by atoms with Crippen LogP contribution in [0.2, 0.25) is 5.02 Å². The van der Waals surface area contributed by atoms with Crippen LogP contribution in [-0.4, -0.2) is 60.5 Å². The number of nitrogens with zero attached hydrogens (tertiary/aromatic N) is 1. The molecule has 0 aliphatic carbocycles. The molecule has 0 saturated carbocycles. The zero-order valence-electron chi connectivity index (χ0n) is 18.2. The molecule has 0 saturated heterocycles. The normalized spacial score (nSPS) is 11.1. The molecule has 3 N–H and O–H groups in total. The highest BCUT2D eigenvalue weighted by atomic mass is 35.5. The minimum absolute atomic E-state index is 0.0435. The number of nitrogens with one attached hydrogen (secondary N) is 2. The number of carbonyl (C=O) groups excluding carboxylic acids is 3. The number of amides is 3. The van der Waals surface area contributed by atoms with Crippen LogP contribution in [0.1, 0.15) is 11.1 Å². The molecule has 0 bridgehead atoms. The van der Waals surface area contributed by atoms with Crippen molar-refractivity contribution in [3.05, 3.63) is 70.7 Å². The van der Waals surface area contributed by atoms with Gasteiger partial charge in [-0.2, -0.15) is 5.06 Å². The smallest absolute Gasteiger partial charge is 0.434 e. The number of benzene rings is 2. The van der Waals surface area contributed by atoms with Gasteiger partial charge in [0.25, 0.3) is 0 Å². The average Bonchev–Trinajstić information content (AvgIpc) is 2.83. The van der Waals surface area contributed by atoms with E-state index >= 15 is 0 Å². The van der Waals surface area contributed by atoms with E-state index in [-0.39, 0.29) is 13.2 Å². The number of aliphatic carboxylic acids is 1. The predicted octanol–water partition coefficient (Wildman–Crippen LogP) is 2.34. The Morgan fingerprint density at radius 3 is 2.35 bits per heavy atom. The summed E-state index contributed by atoms with van der Waals surface area (Å²) in [5, 5.41) is 14.8. The number of carbonyl (C=O) groups is 4. The van der Waals surface area contributed by atoms with Crippen LogP contribution >= 0.6 is 11.6 Å². The third-order valence-corrected chi connectivity index (χ3v) is 4.63. The first-order chi connectivity index (χ1) is 16.3. The summed E-state index contributed by atoms with van der Waals surface area (Å²) < 4.78 is 10.0. The van der Waals surface area contributed by atoms with E-state index in [1.54, 1.807) is 54.6 Å². The SMILES string of the molecule is CN(OCC(=O)NCC(NC(=O)OCc1ccccc1)C(=O)O)C(=O)OCc1ccccc1Cl. The molecule has 0 aliphatic rings. The van der Waals surface area contributed by atoms with Gasteiger partial charge in [-0.25, -0.2) is 14.4 Å². The number of rotatable bonds is 11. The number of alkyl carbamates (subject to hydrolysis) is 1. The van der Waals surface area contributed by atoms with Crippen molar-refractivity contribution in [1.29, 1.82) is 0 Å². The number of ether oxygens (including phenoxy) is 2. The lowest BCUT2D eigenvalue weighted by atomic mass is 10.2. The fourth-order valence-corrected chi connectivity index (χ4v) is 2.62. The molecule has 3 amide bonds. The minimum Gasteiger partial charge on any atom is -0.480 e. The van der Waals surface area contributed by atoms with Crippen molar-refractivity contribution in [1.82, 2.24) is 15.7 Å². The molecule has 0 fully saturated rings. The highest BCUT2D eigenvalue weighted by molar-refractivity contribution is 6.31. The maximum absolute atomic E-state index is 11.9. The highest BCUT2D eigenvalue weighted by Crippen LogP contribution is 2.16. The average molecular weight is 494 g/mol. The van der Waals surface area contributed by atoms with E-state index in [0.717, 1.165) is 5.56 Å². The van der Waals surface area contributed by atoms with E-state index in [2.05, 4.69) is 10.6 Å². The summed E-state index contributed by atoms with van der Waals surface area (Å²) in [5.74, 6) is -2.10. The third kappa shape index (κ3) is 9.35. The van der Waals surface area contributed by atoms with Crippen LogP contribution in [0.5, 0.6) is 0 Å². The van der Waals surface area contributed by atoms with E-state index < -0.39 is 43.3 Å². The first-order valence-corrected chi connectivity index (χ1v) is 10.4. The molecule has 0 spiro atoms. The summed E-state index contributed by atoms with van der Waals surface area (Å²) in [7, 11) is 1.24. The third-order valence-electron chi connectivity index (χ3n) is 4.26. The Bertz CT molecular complexity index is 989. The monoisotopic (exact) mass is 493 g/mol. The number of hydroxylamine groups is 2. The van der Waals surface area contributed by atoms with Gasteiger partial charge in [-0.3, -0.25) is 9.63 Å². The van der Waals surface area contributed by atoms with Gasteiger partial charge >= 0.3 is 18.2 Å². The lowest BCUT2D eigenvalue weighted by Crippen LogP contribution is -2.49. The number of hydrogen-bond acceptors (Lipinski definition) is 7. The van der Waals surface area contributed by atoms with E-state index in [4.69, 9.17) is 25.9 Å². The molecule has 2 rings (SSSR count). The first kappa shape index (κ1) is 26.4. The van der Waals surface area contributed by atoms with Crippen molar-refractivity contribution in [3.63, 3.8) is 0 Å². The second-order valence-corrected chi connectivity index (χ2v) is 7.23. The van der Waals surface area contributed by atoms with Crippen molar-refractivity contribution in [2.45, 2.75) is 19.3 Å². The Kier molecular flexibility index (Phi) is 10.6. The maximum atomic E-state index is 11.9. The Morgan fingerprint density at radius 2 is 1.68 bits per heavy atom. The maximum Gasteiger partial charge on any atom is 0.434 e. The molecule has 2 aromatic carbocycles. The standard InChI is InChI=1S/C22H24ClN3O8/c1-26(22(31)33-13-16-9-5-6-10-17(16)23)34-14-19(27)24-11-18(20(28)29)25-21(30)32-12-15-7-3-2-4-8-15/h2-10,18H,11-14H2,1H3,(H,24,27)(H,25,30)(H,28,29). The van der Waals surface area contributed by atoms with Crippen molar-refractivity contribution in [2.75, 3.05) is 20.2 Å². The van der Waals surface area contributed by atoms with Crippen LogP contribution in [0.3, 0.4) is 0 Å². The minimum atomic E-state index is -1.44. The molecule has 0 aromatic heterocycles. The van der Waals surface area contributed by atoms with Gasteiger partial charge in [0.2, 0.25) is 5.91 Å². The molecule has 1 atom stereocenters. The van der Waals surface area contributed by atoms with Crippen LogP contribution < -0.4 is 10.6 Å². The molecular weight excluding hydrogens is 470 g/mol. The molecule has 0 heterocycles. The number of carboxylic acids is 1. The summed E-state index contributed by atoms with van der Waals surface area (Å²) in [6, 6.07) is 14.2. The fraction of sp³-hybridized carbons (Fsp3) is 0.273. The van der Waals surface area contributed by atoms with Gasteiger partial charge in [-0.1, -0.05) is 60.1 Å². The first-order valence-electron chi connectivity index (χ1n) is 9.99. The second-order valence-electron chi connectivity index (χ2n) is 6.82. The van der Waals surface area contributed by atoms with Crippen LogP contribution in [0, 0.1) is 0 Å². The summed E-state index contributed by atoms with van der Waals surface area (Å²) in [5.41, 5.74) is 1.32. The lowest BCUT2D eigenvalue weighted by Gasteiger charge is -2.18. The van der Waals surface area contributed by atoms with Gasteiger partial charge in [0.15, 0.2) is 6.61 Å². The topological polar surface area (TPSA) is 144 Å². The quantitative estimate of drug-likeness (QED) is 0.405. The number of hydrogen-bond donors (Lipinski definition) is 3. The van der Waals surface area contributed by atoms with Gasteiger partial charge in [-0.05, 0) is 11.6 Å². The number of halogens is 1. The van der Waals surface area contributed by atoms with Gasteiger partial charge in [0, 0.05) is 24.2 Å². The van der Waals surface area contributed by atoms with Crippen molar-refractivity contribution in [3.8, 4) is 0 Å². The Morgan fingerprint density at radius 1 is 1.00 bits per heavy atom. The summed E-state index contributed by atoms with van der Waals surface area (Å²) in [6.45, 7) is -1.16. The number of carboxylic acid groups (broad SMARTS) is 1. The van der Waals surface area contributed by atoms with Crippen molar-refractivity contribution < 1.29 is 38.6 Å². The Labute approximate surface area is 200 Å². The molecule has 12 heteroatoms. The van der Waals surface area contributed by atoms with E-state index in [1.165, 1.54) is 7.05 Å². The molecule has 0 aliphatic heterocycles. The van der Waals surface area contributed by atoms with E-state index in [9.17, 15) is 24.3 Å². The largest absolute Gasteiger partial charge is 0.480 e. The van der Waals surface area contributed by atoms with Gasteiger partial charge < -0.3 is 25.2 Å². The molecular formula is C22H24ClN3O8. The molecule has 182 valence electrons. The molecule has 34 heavy (non-hydrogen) atoms. The van der Waals surface area contributed by atoms with Crippen LogP contribution in [-0.2, 0) is 37.1 Å². The van der Waals surface area contributed by atoms with Crippen LogP contribution in [0.4, 0.5) is 9.59 Å². The van der Waals surface area contributed by atoms with Crippen molar-refractivity contribution >= 4 is 35.7 Å². The van der Waals surface area contributed by atoms with E-state index in [0.29, 0.717) is 15.6 Å². The molecule has 0 radical (unpaired) electrons. The van der Waals surface area contributed by atoms with Gasteiger partial charge in [-0.15, -0.1) is 0 Å². The molecule has 1 unspecified atom stereocenters. The van der Waals surface area contributed by atoms with Gasteiger partial charge in [0.05, 0.1) is 0 Å². The zero-order chi connectivity index (χ0) is 24.9. The highest BCUT2D eigenvalue weighted by Gasteiger charge is 2.22. The Balaban J connectivity index is 1.69. The second kappa shape index (κ2) is 13.7. The summed E-state index contributed by atoms with van der Waals surface area (Å²) >= 11 is 5.98. The van der Waals surface area contributed by atoms with Crippen molar-refractivity contribution in [2.24, 2.45) is 0 Å². The van der Waals surface area contributed by atoms with Crippen LogP contribution in [0.15, 0.2) is 54.6 Å². The predicted molar refractivity (Wildman–Crippen MR) is 120 cm³/mol. The zero-order valence-corrected chi connectivity index (χ0v) is 19.0. The Hall–Kier alpha value is -3.83. The van der Waals surface area contributed by atoms with Crippen LogP contribution in [0.25, 0.3) is 0 Å². The van der Waals surface area contributed by atoms with E-state index in [1.807, 2.05) is 0 Å². The molecule has 11 nitrogen and oxygen atoms in total. The summed E-state index contributed by atoms with van der Waals surface area (Å²) in [6.07, 6.45) is -1.82. The fourth-order valence-electron chi connectivity index (χ4n) is 2.43. The molecule has 2 aromatic rings. The lowest BCUT2D eigenvalue weighted by molar-refractivity contribution is -0.149.